The fourth-order valence-corrected chi connectivity index (χ4v) is 2.54. The average molecular weight is 289 g/mol. The largest absolute Gasteiger partial charge is 0.495 e. The van der Waals surface area contributed by atoms with Crippen molar-refractivity contribution in [3.63, 3.8) is 0 Å². The third kappa shape index (κ3) is 3.02. The van der Waals surface area contributed by atoms with Crippen molar-refractivity contribution in [3.05, 3.63) is 64.7 Å². The van der Waals surface area contributed by atoms with Gasteiger partial charge in [-0.3, -0.25) is 4.79 Å². The molecule has 0 N–H and O–H groups in total. The number of methoxy groups -OCH3 is 1. The third-order valence-electron chi connectivity index (χ3n) is 3.36. The highest BCUT2D eigenvalue weighted by Crippen LogP contribution is 2.29. The van der Waals surface area contributed by atoms with Gasteiger partial charge < -0.3 is 4.74 Å². The summed E-state index contributed by atoms with van der Waals surface area (Å²) in [6.45, 7) is 2.01. The molecule has 0 amide bonds. The number of rotatable bonds is 5. The van der Waals surface area contributed by atoms with E-state index in [0.29, 0.717) is 16.3 Å². The van der Waals surface area contributed by atoms with Crippen LogP contribution in [0.25, 0.3) is 0 Å². The first-order chi connectivity index (χ1) is 9.67. The zero-order chi connectivity index (χ0) is 14.5. The molecule has 0 aliphatic rings. The van der Waals surface area contributed by atoms with Gasteiger partial charge in [-0.2, -0.15) is 0 Å². The van der Waals surface area contributed by atoms with Crippen LogP contribution in [0.5, 0.6) is 5.75 Å². The van der Waals surface area contributed by atoms with Gasteiger partial charge >= 0.3 is 0 Å². The second-order valence-electron chi connectivity index (χ2n) is 4.59. The summed E-state index contributed by atoms with van der Waals surface area (Å²) in [5.74, 6) is 0.528. The van der Waals surface area contributed by atoms with Crippen molar-refractivity contribution in [2.75, 3.05) is 7.11 Å². The molecule has 0 saturated heterocycles. The van der Waals surface area contributed by atoms with Gasteiger partial charge in [0.25, 0.3) is 0 Å². The van der Waals surface area contributed by atoms with Crippen LogP contribution in [0.1, 0.15) is 35.2 Å². The normalized spacial score (nSPS) is 11.9. The monoisotopic (exact) mass is 288 g/mol. The lowest BCUT2D eigenvalue weighted by Crippen LogP contribution is -2.12. The Morgan fingerprint density at radius 2 is 1.90 bits per heavy atom. The van der Waals surface area contributed by atoms with Crippen LogP contribution < -0.4 is 4.74 Å². The molecule has 0 aromatic heterocycles. The molecule has 0 aliphatic carbocycles. The molecule has 1 atom stereocenters. The maximum Gasteiger partial charge on any atom is 0.170 e. The summed E-state index contributed by atoms with van der Waals surface area (Å²) >= 11 is 6.09. The molecule has 2 aromatic rings. The van der Waals surface area contributed by atoms with E-state index >= 15 is 0 Å². The minimum absolute atomic E-state index is 0.0863. The summed E-state index contributed by atoms with van der Waals surface area (Å²) in [5, 5.41) is 0.460. The maximum atomic E-state index is 12.6. The van der Waals surface area contributed by atoms with Crippen molar-refractivity contribution >= 4 is 17.4 Å². The van der Waals surface area contributed by atoms with Crippen LogP contribution in [0.3, 0.4) is 0 Å². The van der Waals surface area contributed by atoms with E-state index in [-0.39, 0.29) is 11.7 Å². The van der Waals surface area contributed by atoms with Crippen molar-refractivity contribution in [3.8, 4) is 5.75 Å². The molecule has 0 spiro atoms. The molecular weight excluding hydrogens is 272 g/mol. The van der Waals surface area contributed by atoms with Crippen LogP contribution in [-0.4, -0.2) is 12.9 Å². The zero-order valence-electron chi connectivity index (χ0n) is 11.6. The molecule has 0 fully saturated rings. The molecule has 0 aliphatic heterocycles. The van der Waals surface area contributed by atoms with E-state index in [0.717, 1.165) is 12.0 Å². The first-order valence-electron chi connectivity index (χ1n) is 6.60. The number of ketones is 1. The molecule has 0 saturated carbocycles. The highest BCUT2D eigenvalue weighted by molar-refractivity contribution is 6.32. The second kappa shape index (κ2) is 6.58. The number of benzene rings is 2. The lowest BCUT2D eigenvalue weighted by atomic mass is 9.88. The standard InChI is InChI=1S/C17H17ClO2/c1-3-14(12-7-5-4-6-8-12)17(19)13-9-10-16(20-2)15(18)11-13/h4-11,14H,3H2,1-2H3. The summed E-state index contributed by atoms with van der Waals surface area (Å²) in [5.41, 5.74) is 1.65. The number of carbonyl (C=O) groups is 1. The second-order valence-corrected chi connectivity index (χ2v) is 4.99. The summed E-state index contributed by atoms with van der Waals surface area (Å²) in [6, 6.07) is 15.0. The van der Waals surface area contributed by atoms with E-state index in [1.807, 2.05) is 37.3 Å². The first-order valence-corrected chi connectivity index (χ1v) is 6.97. The average Bonchev–Trinajstić information content (AvgIpc) is 2.49. The smallest absolute Gasteiger partial charge is 0.170 e. The van der Waals surface area contributed by atoms with Crippen LogP contribution in [0.4, 0.5) is 0 Å². The molecule has 0 bridgehead atoms. The van der Waals surface area contributed by atoms with E-state index in [4.69, 9.17) is 16.3 Å². The molecule has 0 heterocycles. The van der Waals surface area contributed by atoms with Crippen molar-refractivity contribution < 1.29 is 9.53 Å². The van der Waals surface area contributed by atoms with Gasteiger partial charge in [0.15, 0.2) is 5.78 Å². The van der Waals surface area contributed by atoms with Gasteiger partial charge in [-0.15, -0.1) is 0 Å². The number of hydrogen-bond donors (Lipinski definition) is 0. The van der Waals surface area contributed by atoms with Crippen LogP contribution >= 0.6 is 11.6 Å². The molecule has 3 heteroatoms. The van der Waals surface area contributed by atoms with Crippen LogP contribution in [0.15, 0.2) is 48.5 Å². The highest BCUT2D eigenvalue weighted by Gasteiger charge is 2.20. The molecule has 2 nitrogen and oxygen atoms in total. The van der Waals surface area contributed by atoms with E-state index in [2.05, 4.69) is 0 Å². The number of hydrogen-bond acceptors (Lipinski definition) is 2. The van der Waals surface area contributed by atoms with Gasteiger partial charge in [-0.05, 0) is 30.2 Å². The maximum absolute atomic E-state index is 12.6. The lowest BCUT2D eigenvalue weighted by molar-refractivity contribution is 0.0957. The predicted octanol–water partition coefficient (Wildman–Crippen LogP) is 4.73. The van der Waals surface area contributed by atoms with Gasteiger partial charge in [0.1, 0.15) is 5.75 Å². The van der Waals surface area contributed by atoms with Crippen LogP contribution in [0.2, 0.25) is 5.02 Å². The Bertz CT molecular complexity index is 593. The van der Waals surface area contributed by atoms with Crippen molar-refractivity contribution in [1.29, 1.82) is 0 Å². The summed E-state index contributed by atoms with van der Waals surface area (Å²) < 4.78 is 5.11. The minimum atomic E-state index is -0.138. The Labute approximate surface area is 124 Å². The zero-order valence-corrected chi connectivity index (χ0v) is 12.4. The van der Waals surface area contributed by atoms with Gasteiger partial charge in [0.05, 0.1) is 12.1 Å². The summed E-state index contributed by atoms with van der Waals surface area (Å²) in [4.78, 5) is 12.6. The van der Waals surface area contributed by atoms with Gasteiger partial charge in [-0.1, -0.05) is 48.9 Å². The quantitative estimate of drug-likeness (QED) is 0.744. The fourth-order valence-electron chi connectivity index (χ4n) is 2.28. The Morgan fingerprint density at radius 1 is 1.20 bits per heavy atom. The van der Waals surface area contributed by atoms with Crippen LogP contribution in [-0.2, 0) is 0 Å². The number of Topliss-reactive ketones (excluding diaryl/α,β-unsaturated/α-hetero) is 1. The molecule has 0 radical (unpaired) electrons. The van der Waals surface area contributed by atoms with E-state index in [1.165, 1.54) is 0 Å². The van der Waals surface area contributed by atoms with Crippen LogP contribution in [0, 0.1) is 0 Å². The number of carbonyl (C=O) groups excluding carboxylic acids is 1. The van der Waals surface area contributed by atoms with E-state index in [1.54, 1.807) is 25.3 Å². The molecule has 104 valence electrons. The number of ether oxygens (including phenoxy) is 1. The minimum Gasteiger partial charge on any atom is -0.495 e. The van der Waals surface area contributed by atoms with Crippen molar-refractivity contribution in [2.24, 2.45) is 0 Å². The SMILES string of the molecule is CCC(C(=O)c1ccc(OC)c(Cl)c1)c1ccccc1. The summed E-state index contributed by atoms with van der Waals surface area (Å²) in [7, 11) is 1.56. The van der Waals surface area contributed by atoms with E-state index < -0.39 is 0 Å². The highest BCUT2D eigenvalue weighted by atomic mass is 35.5. The molecule has 1 unspecified atom stereocenters. The Kier molecular flexibility index (Phi) is 4.80. The predicted molar refractivity (Wildman–Crippen MR) is 81.8 cm³/mol. The fraction of sp³-hybridized carbons (Fsp3) is 0.235. The first kappa shape index (κ1) is 14.6. The lowest BCUT2D eigenvalue weighted by Gasteiger charge is -2.15. The molecule has 2 rings (SSSR count). The third-order valence-corrected chi connectivity index (χ3v) is 3.66. The Morgan fingerprint density at radius 3 is 2.45 bits per heavy atom. The molecule has 2 aromatic carbocycles. The van der Waals surface area contributed by atoms with Crippen molar-refractivity contribution in [2.45, 2.75) is 19.3 Å². The van der Waals surface area contributed by atoms with Gasteiger partial charge in [0.2, 0.25) is 0 Å². The Hall–Kier alpha value is -1.80. The molecular formula is C17H17ClO2. The number of halogens is 1. The molecule has 20 heavy (non-hydrogen) atoms. The Balaban J connectivity index is 2.32. The summed E-state index contributed by atoms with van der Waals surface area (Å²) in [6.07, 6.45) is 0.756. The van der Waals surface area contributed by atoms with Gasteiger partial charge in [-0.25, -0.2) is 0 Å². The van der Waals surface area contributed by atoms with Gasteiger partial charge in [0, 0.05) is 11.5 Å². The van der Waals surface area contributed by atoms with E-state index in [9.17, 15) is 4.79 Å². The topological polar surface area (TPSA) is 26.3 Å². The van der Waals surface area contributed by atoms with Crippen molar-refractivity contribution in [1.82, 2.24) is 0 Å².